The van der Waals surface area contributed by atoms with Gasteiger partial charge in [0, 0.05) is 48.0 Å². The molecule has 2 aromatic heterocycles. The molecule has 0 aliphatic carbocycles. The maximum absolute atomic E-state index is 13.7. The molecule has 2 unspecified atom stereocenters. The Morgan fingerprint density at radius 3 is 2.44 bits per heavy atom. The Morgan fingerprint density at radius 1 is 1.02 bits per heavy atom. The van der Waals surface area contributed by atoms with Crippen molar-refractivity contribution in [2.24, 2.45) is 0 Å². The predicted octanol–water partition coefficient (Wildman–Crippen LogP) is 7.30. The van der Waals surface area contributed by atoms with Crippen LogP contribution in [0.25, 0.3) is 11.4 Å². The Bertz CT molecular complexity index is 1540. The van der Waals surface area contributed by atoms with E-state index in [9.17, 15) is 23.2 Å². The maximum atomic E-state index is 13.7. The number of pyridine rings is 1. The number of hydrogen-bond acceptors (Lipinski definition) is 6. The molecule has 12 heteroatoms. The highest BCUT2D eigenvalue weighted by molar-refractivity contribution is 6.30. The van der Waals surface area contributed by atoms with Crippen LogP contribution in [0.5, 0.6) is 0 Å². The fraction of sp³-hybridized carbons (Fsp3) is 0.241. The molecule has 41 heavy (non-hydrogen) atoms. The van der Waals surface area contributed by atoms with Crippen molar-refractivity contribution in [1.29, 1.82) is 0 Å². The smallest absolute Gasteiger partial charge is 0.322 e. The molecule has 0 radical (unpaired) electrons. The molecular weight excluding hydrogens is 578 g/mol. The first-order valence-corrected chi connectivity index (χ1v) is 13.5. The van der Waals surface area contributed by atoms with Gasteiger partial charge in [-0.25, -0.2) is 15.0 Å². The summed E-state index contributed by atoms with van der Waals surface area (Å²) in [6.07, 6.45) is 1.10. The number of anilines is 1. The molecule has 5 rings (SSSR count). The van der Waals surface area contributed by atoms with E-state index in [4.69, 9.17) is 23.2 Å². The number of hydroxylamine groups is 2. The second-order valence-electron chi connectivity index (χ2n) is 9.79. The van der Waals surface area contributed by atoms with Crippen LogP contribution >= 0.6 is 23.2 Å². The highest BCUT2D eigenvalue weighted by Crippen LogP contribution is 2.40. The summed E-state index contributed by atoms with van der Waals surface area (Å²) in [5.74, 6) is -0.337. The van der Waals surface area contributed by atoms with Crippen molar-refractivity contribution in [3.63, 3.8) is 0 Å². The average molecular weight is 602 g/mol. The van der Waals surface area contributed by atoms with E-state index >= 15 is 0 Å². The van der Waals surface area contributed by atoms with Gasteiger partial charge in [0.2, 0.25) is 0 Å². The molecule has 2 aromatic carbocycles. The van der Waals surface area contributed by atoms with Gasteiger partial charge in [0.1, 0.15) is 5.15 Å². The first-order chi connectivity index (χ1) is 19.6. The fourth-order valence-corrected chi connectivity index (χ4v) is 5.23. The van der Waals surface area contributed by atoms with Gasteiger partial charge < -0.3 is 10.5 Å². The highest BCUT2D eigenvalue weighted by Gasteiger charge is 2.34. The number of carbonyl (C=O) groups excluding carboxylic acids is 1. The van der Waals surface area contributed by atoms with Gasteiger partial charge >= 0.3 is 6.18 Å². The lowest BCUT2D eigenvalue weighted by atomic mass is 9.82. The van der Waals surface area contributed by atoms with Crippen molar-refractivity contribution in [2.75, 3.05) is 11.9 Å². The molecule has 2 N–H and O–H groups in total. The summed E-state index contributed by atoms with van der Waals surface area (Å²) in [5.41, 5.74) is 1.79. The summed E-state index contributed by atoms with van der Waals surface area (Å²) in [4.78, 5) is 25.2. The SMILES string of the molecule is O=C(Nc1ccc(C(F)(F)F)cc1C1CCN(O)C(Cc2ccc(-c3ncc(Cl)cn3)cc2)C1)c1ccnc(Cl)c1. The monoisotopic (exact) mass is 601 g/mol. The molecule has 7 nitrogen and oxygen atoms in total. The summed E-state index contributed by atoms with van der Waals surface area (Å²) in [7, 11) is 0. The van der Waals surface area contributed by atoms with Crippen molar-refractivity contribution in [2.45, 2.75) is 37.4 Å². The maximum Gasteiger partial charge on any atom is 0.416 e. The molecule has 0 spiro atoms. The molecular formula is C29H24Cl2F3N5O2. The molecule has 2 atom stereocenters. The molecule has 1 amide bonds. The van der Waals surface area contributed by atoms with Gasteiger partial charge in [-0.3, -0.25) is 4.79 Å². The number of hydrogen-bond donors (Lipinski definition) is 2. The van der Waals surface area contributed by atoms with Crippen molar-refractivity contribution in [1.82, 2.24) is 20.0 Å². The van der Waals surface area contributed by atoms with Crippen LogP contribution in [0.1, 0.15) is 45.8 Å². The van der Waals surface area contributed by atoms with E-state index < -0.39 is 17.6 Å². The van der Waals surface area contributed by atoms with Crippen LogP contribution in [0.3, 0.4) is 0 Å². The first kappa shape index (κ1) is 28.9. The van der Waals surface area contributed by atoms with Crippen LogP contribution in [0.15, 0.2) is 73.2 Å². The molecule has 1 aliphatic heterocycles. The number of alkyl halides is 3. The third-order valence-corrected chi connectivity index (χ3v) is 7.45. The number of nitrogens with zero attached hydrogens (tertiary/aromatic N) is 4. The number of carbonyl (C=O) groups is 1. The van der Waals surface area contributed by atoms with Gasteiger partial charge in [0.05, 0.1) is 10.6 Å². The van der Waals surface area contributed by atoms with Crippen molar-refractivity contribution < 1.29 is 23.2 Å². The Hall–Kier alpha value is -3.57. The van der Waals surface area contributed by atoms with Crippen LogP contribution in [0, 0.1) is 0 Å². The second-order valence-corrected chi connectivity index (χ2v) is 10.6. The predicted molar refractivity (Wildman–Crippen MR) is 149 cm³/mol. The van der Waals surface area contributed by atoms with Crippen LogP contribution in [0.2, 0.25) is 10.2 Å². The molecule has 212 valence electrons. The van der Waals surface area contributed by atoms with Gasteiger partial charge in [0.15, 0.2) is 5.82 Å². The van der Waals surface area contributed by atoms with E-state index in [0.717, 1.165) is 23.3 Å². The largest absolute Gasteiger partial charge is 0.416 e. The number of rotatable bonds is 6. The lowest BCUT2D eigenvalue weighted by Crippen LogP contribution is -2.41. The Morgan fingerprint density at radius 2 is 1.76 bits per heavy atom. The topological polar surface area (TPSA) is 91.2 Å². The molecule has 4 aromatic rings. The van der Waals surface area contributed by atoms with E-state index in [-0.39, 0.29) is 34.9 Å². The standard InChI is InChI=1S/C29H24Cl2F3N5O2/c30-22-15-36-27(37-16-22)18-3-1-17(2-4-18)11-23-12-19(8-10-39(23)41)24-14-21(29(32,33)34)5-6-25(24)38-28(40)20-7-9-35-26(31)13-20/h1-7,9,13-16,19,23,41H,8,10-12H2,(H,38,40). The molecule has 1 fully saturated rings. The zero-order valence-corrected chi connectivity index (χ0v) is 23.0. The van der Waals surface area contributed by atoms with Crippen LogP contribution in [-0.2, 0) is 12.6 Å². The van der Waals surface area contributed by atoms with Crippen LogP contribution < -0.4 is 5.32 Å². The van der Waals surface area contributed by atoms with Gasteiger partial charge in [-0.1, -0.05) is 47.5 Å². The Balaban J connectivity index is 1.37. The first-order valence-electron chi connectivity index (χ1n) is 12.7. The summed E-state index contributed by atoms with van der Waals surface area (Å²) in [5, 5.41) is 15.2. The summed E-state index contributed by atoms with van der Waals surface area (Å²) in [6.45, 7) is 0.260. The number of halogens is 5. The van der Waals surface area contributed by atoms with Gasteiger partial charge in [-0.15, -0.1) is 0 Å². The highest BCUT2D eigenvalue weighted by atomic mass is 35.5. The van der Waals surface area contributed by atoms with Gasteiger partial charge in [-0.05, 0) is 66.6 Å². The molecule has 0 bridgehead atoms. The lowest BCUT2D eigenvalue weighted by Gasteiger charge is -2.36. The van der Waals surface area contributed by atoms with E-state index in [0.29, 0.717) is 35.7 Å². The number of amides is 1. The minimum absolute atomic E-state index is 0.122. The number of nitrogens with one attached hydrogen (secondary N) is 1. The fourth-order valence-electron chi connectivity index (χ4n) is 4.96. The zero-order chi connectivity index (χ0) is 29.1. The third kappa shape index (κ3) is 7.02. The van der Waals surface area contributed by atoms with Crippen molar-refractivity contribution >= 4 is 34.8 Å². The van der Waals surface area contributed by atoms with E-state index in [1.165, 1.54) is 41.9 Å². The second kappa shape index (κ2) is 12.1. The minimum atomic E-state index is -4.55. The summed E-state index contributed by atoms with van der Waals surface area (Å²) < 4.78 is 41.0. The normalized spacial score (nSPS) is 17.8. The number of piperidine rings is 1. The summed E-state index contributed by atoms with van der Waals surface area (Å²) >= 11 is 11.8. The quantitative estimate of drug-likeness (QED) is 0.225. The average Bonchev–Trinajstić information content (AvgIpc) is 2.95. The third-order valence-electron chi connectivity index (χ3n) is 7.04. The Labute approximate surface area is 243 Å². The van der Waals surface area contributed by atoms with E-state index in [1.54, 1.807) is 0 Å². The van der Waals surface area contributed by atoms with Crippen molar-refractivity contribution in [3.8, 4) is 11.4 Å². The number of aromatic nitrogens is 3. The summed E-state index contributed by atoms with van der Waals surface area (Å²) in [6, 6.07) is 13.3. The zero-order valence-electron chi connectivity index (χ0n) is 21.4. The van der Waals surface area contributed by atoms with E-state index in [2.05, 4.69) is 20.3 Å². The van der Waals surface area contributed by atoms with Gasteiger partial charge in [0.25, 0.3) is 5.91 Å². The molecule has 1 saturated heterocycles. The lowest BCUT2D eigenvalue weighted by molar-refractivity contribution is -0.145. The van der Waals surface area contributed by atoms with Gasteiger partial charge in [-0.2, -0.15) is 18.2 Å². The molecule has 0 saturated carbocycles. The molecule has 1 aliphatic rings. The van der Waals surface area contributed by atoms with Crippen LogP contribution in [-0.4, -0.2) is 43.7 Å². The van der Waals surface area contributed by atoms with E-state index in [1.807, 2.05) is 24.3 Å². The number of benzene rings is 2. The Kier molecular flexibility index (Phi) is 8.55. The van der Waals surface area contributed by atoms with Crippen molar-refractivity contribution in [3.05, 3.63) is 106 Å². The minimum Gasteiger partial charge on any atom is -0.322 e. The van der Waals surface area contributed by atoms with Crippen LogP contribution in [0.4, 0.5) is 18.9 Å². The molecule has 3 heterocycles.